The van der Waals surface area contributed by atoms with Gasteiger partial charge in [-0.2, -0.15) is 0 Å². The number of methoxy groups -OCH3 is 1. The Kier molecular flexibility index (Phi) is 5.52. The van der Waals surface area contributed by atoms with Gasteiger partial charge in [0.1, 0.15) is 5.75 Å². The minimum absolute atomic E-state index is 0.854. The highest BCUT2D eigenvalue weighted by molar-refractivity contribution is 9.11. The third-order valence-corrected chi connectivity index (χ3v) is 4.43. The van der Waals surface area contributed by atoms with Crippen LogP contribution in [0.15, 0.2) is 21.1 Å². The van der Waals surface area contributed by atoms with Gasteiger partial charge in [-0.15, -0.1) is 0 Å². The number of hydrogen-bond donors (Lipinski definition) is 1. The van der Waals surface area contributed by atoms with Crippen LogP contribution in [0.2, 0.25) is 0 Å². The zero-order valence-electron chi connectivity index (χ0n) is 10.6. The first-order valence-electron chi connectivity index (χ1n) is 6.43. The average Bonchev–Trinajstić information content (AvgIpc) is 3.12. The smallest absolute Gasteiger partial charge is 0.147 e. The van der Waals surface area contributed by atoms with Crippen LogP contribution in [0.25, 0.3) is 0 Å². The van der Waals surface area contributed by atoms with E-state index in [0.29, 0.717) is 0 Å². The first-order chi connectivity index (χ1) is 8.70. The third kappa shape index (κ3) is 4.25. The molecule has 0 radical (unpaired) electrons. The largest absolute Gasteiger partial charge is 0.494 e. The van der Waals surface area contributed by atoms with Crippen LogP contribution in [0.1, 0.15) is 31.2 Å². The lowest BCUT2D eigenvalue weighted by Crippen LogP contribution is -2.14. The topological polar surface area (TPSA) is 21.3 Å². The van der Waals surface area contributed by atoms with Gasteiger partial charge >= 0.3 is 0 Å². The molecular weight excluding hydrogens is 358 g/mol. The summed E-state index contributed by atoms with van der Waals surface area (Å²) in [6.45, 7) is 2.02. The zero-order chi connectivity index (χ0) is 13.0. The number of hydrogen-bond acceptors (Lipinski definition) is 2. The van der Waals surface area contributed by atoms with Crippen molar-refractivity contribution in [1.82, 2.24) is 5.32 Å². The molecule has 0 spiro atoms. The Morgan fingerprint density at radius 3 is 2.50 bits per heavy atom. The monoisotopic (exact) mass is 375 g/mol. The van der Waals surface area contributed by atoms with Crippen LogP contribution in [-0.4, -0.2) is 13.7 Å². The number of halogens is 2. The molecule has 0 bridgehead atoms. The van der Waals surface area contributed by atoms with Crippen molar-refractivity contribution < 1.29 is 4.74 Å². The molecule has 0 amide bonds. The van der Waals surface area contributed by atoms with Crippen molar-refractivity contribution in [2.24, 2.45) is 5.92 Å². The quantitative estimate of drug-likeness (QED) is 0.707. The maximum atomic E-state index is 5.29. The summed E-state index contributed by atoms with van der Waals surface area (Å²) in [7, 11) is 1.68. The van der Waals surface area contributed by atoms with Gasteiger partial charge in [0.15, 0.2) is 0 Å². The molecule has 1 aromatic carbocycles. The average molecular weight is 377 g/mol. The maximum absolute atomic E-state index is 5.29. The predicted octanol–water partition coefficient (Wildman–Crippen LogP) is 4.50. The van der Waals surface area contributed by atoms with Crippen LogP contribution in [0.4, 0.5) is 0 Å². The second-order valence-electron chi connectivity index (χ2n) is 4.86. The molecule has 1 aliphatic rings. The van der Waals surface area contributed by atoms with Gasteiger partial charge in [-0.05, 0) is 74.9 Å². The van der Waals surface area contributed by atoms with E-state index >= 15 is 0 Å². The van der Waals surface area contributed by atoms with E-state index in [-0.39, 0.29) is 0 Å². The van der Waals surface area contributed by atoms with Crippen LogP contribution in [0.3, 0.4) is 0 Å². The van der Waals surface area contributed by atoms with E-state index in [4.69, 9.17) is 4.74 Å². The molecule has 18 heavy (non-hydrogen) atoms. The fourth-order valence-electron chi connectivity index (χ4n) is 2.06. The lowest BCUT2D eigenvalue weighted by Gasteiger charge is -2.10. The van der Waals surface area contributed by atoms with E-state index in [1.165, 1.54) is 31.2 Å². The van der Waals surface area contributed by atoms with E-state index in [9.17, 15) is 0 Å². The standard InChI is InChI=1S/C14H19Br2NO/c1-18-14-12(15)7-11(8-13(14)16)9-17-6-2-3-10-4-5-10/h7-8,10,17H,2-6,9H2,1H3. The summed E-state index contributed by atoms with van der Waals surface area (Å²) in [6.07, 6.45) is 5.60. The SMILES string of the molecule is COc1c(Br)cc(CNCCCC2CC2)cc1Br. The van der Waals surface area contributed by atoms with Gasteiger partial charge in [0, 0.05) is 6.54 Å². The molecule has 0 atom stereocenters. The highest BCUT2D eigenvalue weighted by Crippen LogP contribution is 2.34. The molecule has 2 nitrogen and oxygen atoms in total. The van der Waals surface area contributed by atoms with Crippen LogP contribution in [0.5, 0.6) is 5.75 Å². The maximum Gasteiger partial charge on any atom is 0.147 e. The van der Waals surface area contributed by atoms with Gasteiger partial charge in [-0.3, -0.25) is 0 Å². The van der Waals surface area contributed by atoms with Crippen LogP contribution < -0.4 is 10.1 Å². The first-order valence-corrected chi connectivity index (χ1v) is 8.02. The van der Waals surface area contributed by atoms with E-state index in [0.717, 1.165) is 33.7 Å². The normalized spacial score (nSPS) is 14.8. The fourth-order valence-corrected chi connectivity index (χ4v) is 3.67. The highest BCUT2D eigenvalue weighted by atomic mass is 79.9. The number of rotatable bonds is 7. The van der Waals surface area contributed by atoms with E-state index in [1.807, 2.05) is 0 Å². The molecule has 0 aromatic heterocycles. The molecule has 2 rings (SSSR count). The van der Waals surface area contributed by atoms with E-state index < -0.39 is 0 Å². The van der Waals surface area contributed by atoms with Gasteiger partial charge in [0.25, 0.3) is 0 Å². The predicted molar refractivity (Wildman–Crippen MR) is 82.1 cm³/mol. The van der Waals surface area contributed by atoms with Crippen molar-refractivity contribution >= 4 is 31.9 Å². The Morgan fingerprint density at radius 1 is 1.28 bits per heavy atom. The Morgan fingerprint density at radius 2 is 1.94 bits per heavy atom. The molecule has 1 aromatic rings. The molecule has 0 aliphatic heterocycles. The van der Waals surface area contributed by atoms with Gasteiger partial charge in [0.05, 0.1) is 16.1 Å². The zero-order valence-corrected chi connectivity index (χ0v) is 13.8. The molecule has 0 unspecified atom stereocenters. The van der Waals surface area contributed by atoms with Gasteiger partial charge in [0.2, 0.25) is 0 Å². The van der Waals surface area contributed by atoms with Crippen molar-refractivity contribution in [3.8, 4) is 5.75 Å². The van der Waals surface area contributed by atoms with Crippen molar-refractivity contribution in [2.45, 2.75) is 32.2 Å². The Bertz CT molecular complexity index is 382. The highest BCUT2D eigenvalue weighted by Gasteiger charge is 2.19. The Labute approximate surface area is 126 Å². The van der Waals surface area contributed by atoms with Crippen molar-refractivity contribution in [3.05, 3.63) is 26.6 Å². The summed E-state index contributed by atoms with van der Waals surface area (Å²) >= 11 is 7.05. The number of nitrogens with one attached hydrogen (secondary N) is 1. The molecule has 1 aliphatic carbocycles. The lowest BCUT2D eigenvalue weighted by atomic mass is 10.2. The number of ether oxygens (including phenoxy) is 1. The summed E-state index contributed by atoms with van der Waals surface area (Å²) in [4.78, 5) is 0. The summed E-state index contributed by atoms with van der Waals surface area (Å²) in [6, 6.07) is 4.22. The molecule has 1 fully saturated rings. The molecule has 100 valence electrons. The summed E-state index contributed by atoms with van der Waals surface area (Å²) in [5.41, 5.74) is 1.26. The second-order valence-corrected chi connectivity index (χ2v) is 6.56. The minimum Gasteiger partial charge on any atom is -0.494 e. The van der Waals surface area contributed by atoms with E-state index in [2.05, 4.69) is 49.3 Å². The van der Waals surface area contributed by atoms with Gasteiger partial charge in [-0.1, -0.05) is 12.8 Å². The molecular formula is C14H19Br2NO. The van der Waals surface area contributed by atoms with E-state index in [1.54, 1.807) is 7.11 Å². The van der Waals surface area contributed by atoms with Gasteiger partial charge < -0.3 is 10.1 Å². The molecule has 1 N–H and O–H groups in total. The Hall–Kier alpha value is -0.0600. The molecule has 0 saturated heterocycles. The third-order valence-electron chi connectivity index (χ3n) is 3.25. The molecule has 0 heterocycles. The first kappa shape index (κ1) is 14.4. The summed E-state index contributed by atoms with van der Waals surface area (Å²) in [5, 5.41) is 3.49. The molecule has 4 heteroatoms. The van der Waals surface area contributed by atoms with Crippen molar-refractivity contribution in [1.29, 1.82) is 0 Å². The minimum atomic E-state index is 0.854. The molecule has 1 saturated carbocycles. The van der Waals surface area contributed by atoms with Crippen LogP contribution in [-0.2, 0) is 6.54 Å². The van der Waals surface area contributed by atoms with Crippen molar-refractivity contribution in [2.75, 3.05) is 13.7 Å². The van der Waals surface area contributed by atoms with Crippen molar-refractivity contribution in [3.63, 3.8) is 0 Å². The van der Waals surface area contributed by atoms with Gasteiger partial charge in [-0.25, -0.2) is 0 Å². The lowest BCUT2D eigenvalue weighted by molar-refractivity contribution is 0.409. The summed E-state index contributed by atoms with van der Waals surface area (Å²) < 4.78 is 7.28. The van der Waals surface area contributed by atoms with Crippen LogP contribution in [0, 0.1) is 5.92 Å². The second kappa shape index (κ2) is 6.92. The summed E-state index contributed by atoms with van der Waals surface area (Å²) in [5.74, 6) is 1.89. The number of benzene rings is 1. The Balaban J connectivity index is 1.77. The van der Waals surface area contributed by atoms with Crippen LogP contribution >= 0.6 is 31.9 Å². The fraction of sp³-hybridized carbons (Fsp3) is 0.571.